The fourth-order valence-electron chi connectivity index (χ4n) is 1.85. The highest BCUT2D eigenvalue weighted by atomic mass is 35.5. The van der Waals surface area contributed by atoms with Gasteiger partial charge in [0, 0.05) is 0 Å². The van der Waals surface area contributed by atoms with Crippen molar-refractivity contribution in [2.24, 2.45) is 0 Å². The number of hydrogen-bond donors (Lipinski definition) is 0. The SMILES string of the molecule is COc1cc(B2OC(C)(C)C(C)(C)O2)cc(Cl)c1Cl. The first-order valence-corrected chi connectivity index (χ1v) is 6.82. The van der Waals surface area contributed by atoms with E-state index < -0.39 is 18.3 Å². The zero-order valence-electron chi connectivity index (χ0n) is 11.7. The first kappa shape index (κ1) is 15.0. The molecule has 0 atom stereocenters. The fourth-order valence-corrected chi connectivity index (χ4v) is 2.25. The molecule has 0 spiro atoms. The maximum Gasteiger partial charge on any atom is 0.495 e. The summed E-state index contributed by atoms with van der Waals surface area (Å²) < 4.78 is 17.1. The molecule has 19 heavy (non-hydrogen) atoms. The largest absolute Gasteiger partial charge is 0.495 e. The van der Waals surface area contributed by atoms with E-state index in [2.05, 4.69) is 0 Å². The highest BCUT2D eigenvalue weighted by Gasteiger charge is 2.51. The molecule has 1 saturated heterocycles. The first-order valence-electron chi connectivity index (χ1n) is 6.06. The van der Waals surface area contributed by atoms with E-state index in [-0.39, 0.29) is 0 Å². The van der Waals surface area contributed by atoms with Crippen molar-refractivity contribution in [3.05, 3.63) is 22.2 Å². The third-order valence-corrected chi connectivity index (χ3v) is 4.55. The van der Waals surface area contributed by atoms with Crippen LogP contribution in [0.25, 0.3) is 0 Å². The lowest BCUT2D eigenvalue weighted by Crippen LogP contribution is -2.41. The first-order chi connectivity index (χ1) is 8.68. The van der Waals surface area contributed by atoms with Crippen molar-refractivity contribution < 1.29 is 14.0 Å². The van der Waals surface area contributed by atoms with Gasteiger partial charge in [-0.1, -0.05) is 23.2 Å². The molecule has 0 amide bonds. The Morgan fingerprint density at radius 1 is 1.05 bits per heavy atom. The van der Waals surface area contributed by atoms with Crippen molar-refractivity contribution in [2.75, 3.05) is 7.11 Å². The van der Waals surface area contributed by atoms with Crippen LogP contribution >= 0.6 is 23.2 Å². The van der Waals surface area contributed by atoms with Gasteiger partial charge in [-0.25, -0.2) is 0 Å². The maximum absolute atomic E-state index is 6.10. The van der Waals surface area contributed by atoms with Gasteiger partial charge in [-0.3, -0.25) is 0 Å². The monoisotopic (exact) mass is 302 g/mol. The van der Waals surface area contributed by atoms with E-state index in [4.69, 9.17) is 37.2 Å². The van der Waals surface area contributed by atoms with Crippen LogP contribution in [-0.2, 0) is 9.31 Å². The molecule has 0 radical (unpaired) electrons. The Morgan fingerprint density at radius 2 is 1.58 bits per heavy atom. The second-order valence-electron chi connectivity index (χ2n) is 5.61. The van der Waals surface area contributed by atoms with E-state index in [0.717, 1.165) is 5.46 Å². The van der Waals surface area contributed by atoms with Gasteiger partial charge in [-0.2, -0.15) is 0 Å². The Labute approximate surface area is 124 Å². The van der Waals surface area contributed by atoms with Gasteiger partial charge in [-0.15, -0.1) is 0 Å². The van der Waals surface area contributed by atoms with E-state index in [9.17, 15) is 0 Å². The summed E-state index contributed by atoms with van der Waals surface area (Å²) in [6.45, 7) is 8.01. The molecule has 0 aromatic heterocycles. The van der Waals surface area contributed by atoms with Crippen molar-refractivity contribution in [3.63, 3.8) is 0 Å². The van der Waals surface area contributed by atoms with Gasteiger partial charge in [-0.05, 0) is 45.3 Å². The Morgan fingerprint density at radius 3 is 2.05 bits per heavy atom. The van der Waals surface area contributed by atoms with Crippen molar-refractivity contribution >= 4 is 35.8 Å². The molecule has 6 heteroatoms. The number of halogens is 2. The summed E-state index contributed by atoms with van der Waals surface area (Å²) in [5.74, 6) is 0.513. The summed E-state index contributed by atoms with van der Waals surface area (Å²) in [6, 6.07) is 3.53. The van der Waals surface area contributed by atoms with Crippen LogP contribution in [-0.4, -0.2) is 25.4 Å². The number of ether oxygens (including phenoxy) is 1. The van der Waals surface area contributed by atoms with Crippen molar-refractivity contribution in [1.82, 2.24) is 0 Å². The molecule has 1 aliphatic heterocycles. The zero-order chi connectivity index (χ0) is 14.4. The number of benzene rings is 1. The summed E-state index contributed by atoms with van der Waals surface area (Å²) in [6.07, 6.45) is 0. The van der Waals surface area contributed by atoms with Crippen LogP contribution in [0.2, 0.25) is 10.0 Å². The molecule has 0 unspecified atom stereocenters. The highest BCUT2D eigenvalue weighted by molar-refractivity contribution is 6.62. The average molecular weight is 303 g/mol. The molecule has 3 nitrogen and oxygen atoms in total. The van der Waals surface area contributed by atoms with E-state index >= 15 is 0 Å². The molecular weight excluding hydrogens is 286 g/mol. The Hall–Kier alpha value is -0.415. The lowest BCUT2D eigenvalue weighted by molar-refractivity contribution is 0.00578. The van der Waals surface area contributed by atoms with Crippen LogP contribution in [0.3, 0.4) is 0 Å². The summed E-state index contributed by atoms with van der Waals surface area (Å²) >= 11 is 12.1. The minimum Gasteiger partial charge on any atom is -0.495 e. The minimum atomic E-state index is -0.478. The fraction of sp³-hybridized carbons (Fsp3) is 0.538. The molecule has 0 saturated carbocycles. The smallest absolute Gasteiger partial charge is 0.495 e. The maximum atomic E-state index is 6.10. The molecule has 104 valence electrons. The Kier molecular flexibility index (Phi) is 3.82. The third-order valence-electron chi connectivity index (χ3n) is 3.76. The van der Waals surface area contributed by atoms with Crippen LogP contribution in [0, 0.1) is 0 Å². The quantitative estimate of drug-likeness (QED) is 0.785. The van der Waals surface area contributed by atoms with E-state index in [1.807, 2.05) is 27.7 Å². The molecule has 0 bridgehead atoms. The topological polar surface area (TPSA) is 27.7 Å². The van der Waals surface area contributed by atoms with Gasteiger partial charge < -0.3 is 14.0 Å². The molecule has 0 aliphatic carbocycles. The average Bonchev–Trinajstić information content (AvgIpc) is 2.52. The van der Waals surface area contributed by atoms with Crippen molar-refractivity contribution in [1.29, 1.82) is 0 Å². The molecule has 1 aromatic rings. The van der Waals surface area contributed by atoms with Gasteiger partial charge in [0.1, 0.15) is 10.8 Å². The van der Waals surface area contributed by atoms with E-state index in [0.29, 0.717) is 15.8 Å². The van der Waals surface area contributed by atoms with Gasteiger partial charge in [0.2, 0.25) is 0 Å². The van der Waals surface area contributed by atoms with Gasteiger partial charge >= 0.3 is 7.12 Å². The minimum absolute atomic E-state index is 0.392. The molecule has 0 N–H and O–H groups in total. The van der Waals surface area contributed by atoms with Crippen molar-refractivity contribution in [3.8, 4) is 5.75 Å². The van der Waals surface area contributed by atoms with Crippen LogP contribution in [0.15, 0.2) is 12.1 Å². The van der Waals surface area contributed by atoms with Crippen LogP contribution in [0.5, 0.6) is 5.75 Å². The molecule has 1 fully saturated rings. The van der Waals surface area contributed by atoms with E-state index in [1.165, 1.54) is 0 Å². The zero-order valence-corrected chi connectivity index (χ0v) is 13.2. The molecular formula is C13H17BCl2O3. The summed E-state index contributed by atoms with van der Waals surface area (Å²) in [7, 11) is 1.07. The second kappa shape index (κ2) is 4.85. The van der Waals surface area contributed by atoms with Crippen LogP contribution < -0.4 is 10.2 Å². The second-order valence-corrected chi connectivity index (χ2v) is 6.39. The predicted molar refractivity (Wildman–Crippen MR) is 78.7 cm³/mol. The predicted octanol–water partition coefficient (Wildman–Crippen LogP) is 3.30. The standard InChI is InChI=1S/C13H17BCl2O3/c1-12(2)13(3,4)19-14(18-12)8-6-9(15)11(16)10(7-8)17-5/h6-7H,1-5H3. The van der Waals surface area contributed by atoms with Gasteiger partial charge in [0.05, 0.1) is 23.3 Å². The Bertz CT molecular complexity index is 487. The highest BCUT2D eigenvalue weighted by Crippen LogP contribution is 2.38. The molecule has 1 heterocycles. The molecule has 1 aliphatic rings. The number of methoxy groups -OCH3 is 1. The normalized spacial score (nSPS) is 20.7. The lowest BCUT2D eigenvalue weighted by atomic mass is 9.79. The Balaban J connectivity index is 2.37. The number of rotatable bonds is 2. The van der Waals surface area contributed by atoms with Crippen LogP contribution in [0.4, 0.5) is 0 Å². The van der Waals surface area contributed by atoms with E-state index in [1.54, 1.807) is 19.2 Å². The van der Waals surface area contributed by atoms with Gasteiger partial charge in [0.25, 0.3) is 0 Å². The summed E-state index contributed by atoms with van der Waals surface area (Å²) in [5, 5.41) is 0.815. The van der Waals surface area contributed by atoms with Crippen LogP contribution in [0.1, 0.15) is 27.7 Å². The lowest BCUT2D eigenvalue weighted by Gasteiger charge is -2.32. The number of hydrogen-bond acceptors (Lipinski definition) is 3. The van der Waals surface area contributed by atoms with Crippen molar-refractivity contribution in [2.45, 2.75) is 38.9 Å². The summed E-state index contributed by atoms with van der Waals surface area (Å²) in [4.78, 5) is 0. The van der Waals surface area contributed by atoms with Gasteiger partial charge in [0.15, 0.2) is 0 Å². The molecule has 1 aromatic carbocycles. The third kappa shape index (κ3) is 2.59. The summed E-state index contributed by atoms with van der Waals surface area (Å²) in [5.41, 5.74) is 0.0125. The molecule has 2 rings (SSSR count).